The Hall–Kier alpha value is -2.57. The Bertz CT molecular complexity index is 1060. The lowest BCUT2D eigenvalue weighted by Gasteiger charge is -2.38. The highest BCUT2D eigenvalue weighted by molar-refractivity contribution is 7.99. The zero-order valence-electron chi connectivity index (χ0n) is 17.0. The summed E-state index contributed by atoms with van der Waals surface area (Å²) < 4.78 is 8.04. The van der Waals surface area contributed by atoms with E-state index in [1.165, 1.54) is 0 Å². The van der Waals surface area contributed by atoms with Crippen LogP contribution in [0.3, 0.4) is 0 Å². The van der Waals surface area contributed by atoms with Gasteiger partial charge in [0.15, 0.2) is 0 Å². The molecule has 2 aromatic carbocycles. The predicted molar refractivity (Wildman–Crippen MR) is 117 cm³/mol. The number of nitrogens with zero attached hydrogens (tertiary/aromatic N) is 2. The number of imidazole rings is 1. The van der Waals surface area contributed by atoms with Crippen molar-refractivity contribution >= 4 is 17.7 Å². The molecule has 30 heavy (non-hydrogen) atoms. The van der Waals surface area contributed by atoms with E-state index in [2.05, 4.69) is 45.9 Å². The lowest BCUT2D eigenvalue weighted by Crippen LogP contribution is -2.48. The Morgan fingerprint density at radius 2 is 1.87 bits per heavy atom. The second-order valence-electron chi connectivity index (χ2n) is 8.28. The molecule has 0 aliphatic carbocycles. The minimum absolute atomic E-state index is 0.145. The number of aryl methyl sites for hydroxylation is 1. The Kier molecular flexibility index (Phi) is 4.91. The number of carbonyl (C=O) groups excluding carboxylic acids is 1. The van der Waals surface area contributed by atoms with Crippen LogP contribution >= 0.6 is 11.8 Å². The summed E-state index contributed by atoms with van der Waals surface area (Å²) in [5.41, 5.74) is 7.44. The van der Waals surface area contributed by atoms with Crippen molar-refractivity contribution in [2.45, 2.75) is 60.0 Å². The quantitative estimate of drug-likeness (QED) is 0.666. The highest BCUT2D eigenvalue weighted by Gasteiger charge is 2.49. The standard InChI is InChI=1S/C24H25N3O2S/c1-16-26-11-12-27(16)18-5-9-21(10-6-18)30-22-4-2-3-17(13-22)24(23(25)28)14-19-7-8-20(15-24)29-19/h2-6,9-13,19-20H,7-8,14-15H2,1H3,(H2,25,28)/t19-,20?,24?/m1/s1. The lowest BCUT2D eigenvalue weighted by atomic mass is 9.71. The molecule has 0 radical (unpaired) electrons. The van der Waals surface area contributed by atoms with Gasteiger partial charge in [-0.2, -0.15) is 0 Å². The van der Waals surface area contributed by atoms with E-state index < -0.39 is 5.41 Å². The van der Waals surface area contributed by atoms with Crippen molar-refractivity contribution in [1.82, 2.24) is 9.55 Å². The molecule has 5 nitrogen and oxygen atoms in total. The van der Waals surface area contributed by atoms with Gasteiger partial charge in [-0.15, -0.1) is 0 Å². The van der Waals surface area contributed by atoms with Gasteiger partial charge in [0.25, 0.3) is 0 Å². The van der Waals surface area contributed by atoms with E-state index in [9.17, 15) is 4.79 Å². The number of hydrogen-bond donors (Lipinski definition) is 1. The summed E-state index contributed by atoms with van der Waals surface area (Å²) in [6.45, 7) is 1.99. The SMILES string of the molecule is Cc1nccn1-c1ccc(Sc2cccc(C3(C(N)=O)CC4CC[C@H](C3)O4)c2)cc1. The predicted octanol–water partition coefficient (Wildman–Crippen LogP) is 4.40. The van der Waals surface area contributed by atoms with Crippen molar-refractivity contribution in [3.8, 4) is 5.69 Å². The Labute approximate surface area is 180 Å². The molecule has 3 heterocycles. The molecule has 0 spiro atoms. The van der Waals surface area contributed by atoms with Gasteiger partial charge < -0.3 is 15.0 Å². The van der Waals surface area contributed by atoms with E-state index in [1.54, 1.807) is 18.0 Å². The van der Waals surface area contributed by atoms with Crippen LogP contribution in [0.15, 0.2) is 70.7 Å². The van der Waals surface area contributed by atoms with Gasteiger partial charge in [-0.25, -0.2) is 4.98 Å². The first-order valence-electron chi connectivity index (χ1n) is 10.4. The van der Waals surface area contributed by atoms with Crippen LogP contribution in [-0.4, -0.2) is 27.7 Å². The number of nitrogens with two attached hydrogens (primary N) is 1. The number of ether oxygens (including phenoxy) is 1. The second-order valence-corrected chi connectivity index (χ2v) is 9.43. The van der Waals surface area contributed by atoms with Crippen molar-refractivity contribution in [1.29, 1.82) is 0 Å². The normalized spacial score (nSPS) is 25.4. The molecule has 3 atom stereocenters. The molecule has 1 amide bonds. The number of carbonyl (C=O) groups is 1. The lowest BCUT2D eigenvalue weighted by molar-refractivity contribution is -0.130. The van der Waals surface area contributed by atoms with Gasteiger partial charge >= 0.3 is 0 Å². The summed E-state index contributed by atoms with van der Waals surface area (Å²) in [5, 5.41) is 0. The van der Waals surface area contributed by atoms with Crippen LogP contribution in [-0.2, 0) is 14.9 Å². The Balaban J connectivity index is 1.40. The van der Waals surface area contributed by atoms with Crippen LogP contribution in [0.1, 0.15) is 37.1 Å². The minimum atomic E-state index is -0.622. The third-order valence-corrected chi connectivity index (χ3v) is 7.38. The molecule has 2 bridgehead atoms. The Morgan fingerprint density at radius 3 is 2.50 bits per heavy atom. The van der Waals surface area contributed by atoms with Crippen LogP contribution in [0.5, 0.6) is 0 Å². The molecule has 154 valence electrons. The molecular weight excluding hydrogens is 394 g/mol. The molecule has 2 saturated heterocycles. The highest BCUT2D eigenvalue weighted by atomic mass is 32.2. The van der Waals surface area contributed by atoms with Crippen LogP contribution in [0.25, 0.3) is 5.69 Å². The fourth-order valence-electron chi connectivity index (χ4n) is 4.84. The highest BCUT2D eigenvalue weighted by Crippen LogP contribution is 2.46. The first kappa shape index (κ1) is 19.4. The molecule has 2 N–H and O–H groups in total. The number of amides is 1. The topological polar surface area (TPSA) is 70.1 Å². The number of aromatic nitrogens is 2. The zero-order valence-corrected chi connectivity index (χ0v) is 17.8. The Morgan fingerprint density at radius 1 is 1.13 bits per heavy atom. The van der Waals surface area contributed by atoms with Gasteiger partial charge in [0.1, 0.15) is 5.82 Å². The van der Waals surface area contributed by atoms with Crippen molar-refractivity contribution < 1.29 is 9.53 Å². The van der Waals surface area contributed by atoms with Crippen molar-refractivity contribution in [3.63, 3.8) is 0 Å². The van der Waals surface area contributed by atoms with Gasteiger partial charge in [-0.1, -0.05) is 23.9 Å². The van der Waals surface area contributed by atoms with Crippen molar-refractivity contribution in [3.05, 3.63) is 72.3 Å². The fourth-order valence-corrected chi connectivity index (χ4v) is 5.72. The monoisotopic (exact) mass is 419 g/mol. The maximum Gasteiger partial charge on any atom is 0.228 e. The van der Waals surface area contributed by atoms with E-state index in [4.69, 9.17) is 10.5 Å². The molecule has 2 aliphatic rings. The van der Waals surface area contributed by atoms with Crippen LogP contribution in [0.2, 0.25) is 0 Å². The summed E-state index contributed by atoms with van der Waals surface area (Å²) in [6.07, 6.45) is 7.48. The summed E-state index contributed by atoms with van der Waals surface area (Å²) in [5.74, 6) is 0.732. The second kappa shape index (κ2) is 7.60. The van der Waals surface area contributed by atoms with Crippen LogP contribution in [0.4, 0.5) is 0 Å². The van der Waals surface area contributed by atoms with Gasteiger partial charge in [0, 0.05) is 27.9 Å². The van der Waals surface area contributed by atoms with E-state index in [0.29, 0.717) is 12.8 Å². The largest absolute Gasteiger partial charge is 0.375 e. The number of primary amides is 1. The van der Waals surface area contributed by atoms with Gasteiger partial charge in [0.05, 0.1) is 17.6 Å². The van der Waals surface area contributed by atoms with E-state index in [0.717, 1.165) is 39.7 Å². The fraction of sp³-hybridized carbons (Fsp3) is 0.333. The molecular formula is C24H25N3O2S. The first-order chi connectivity index (χ1) is 14.5. The van der Waals surface area contributed by atoms with Gasteiger partial charge in [-0.05, 0) is 74.6 Å². The average molecular weight is 420 g/mol. The first-order valence-corrected chi connectivity index (χ1v) is 11.2. The van der Waals surface area contributed by atoms with E-state index in [1.807, 2.05) is 25.3 Å². The molecule has 2 fully saturated rings. The number of rotatable bonds is 5. The van der Waals surface area contributed by atoms with E-state index >= 15 is 0 Å². The van der Waals surface area contributed by atoms with Crippen LogP contribution in [0, 0.1) is 6.92 Å². The van der Waals surface area contributed by atoms with Gasteiger partial charge in [0.2, 0.25) is 5.91 Å². The maximum absolute atomic E-state index is 12.6. The van der Waals surface area contributed by atoms with Crippen LogP contribution < -0.4 is 5.73 Å². The number of hydrogen-bond acceptors (Lipinski definition) is 4. The van der Waals surface area contributed by atoms with Gasteiger partial charge in [-0.3, -0.25) is 4.79 Å². The van der Waals surface area contributed by atoms with Crippen molar-refractivity contribution in [2.75, 3.05) is 0 Å². The molecule has 1 aromatic heterocycles. The maximum atomic E-state index is 12.6. The number of benzene rings is 2. The third-order valence-electron chi connectivity index (χ3n) is 6.38. The molecule has 2 aliphatic heterocycles. The average Bonchev–Trinajstić information content (AvgIpc) is 3.33. The molecule has 3 aromatic rings. The molecule has 5 rings (SSSR count). The zero-order chi connectivity index (χ0) is 20.7. The van der Waals surface area contributed by atoms with E-state index in [-0.39, 0.29) is 18.1 Å². The molecule has 0 saturated carbocycles. The number of fused-ring (bicyclic) bond motifs is 2. The summed E-state index contributed by atoms with van der Waals surface area (Å²) in [7, 11) is 0. The summed E-state index contributed by atoms with van der Waals surface area (Å²) in [4.78, 5) is 19.1. The minimum Gasteiger partial charge on any atom is -0.375 e. The molecule has 6 heteroatoms. The summed E-state index contributed by atoms with van der Waals surface area (Å²) in [6, 6.07) is 16.7. The van der Waals surface area contributed by atoms with Crippen molar-refractivity contribution in [2.24, 2.45) is 5.73 Å². The summed E-state index contributed by atoms with van der Waals surface area (Å²) >= 11 is 1.70. The third kappa shape index (κ3) is 3.44. The molecule has 2 unspecified atom stereocenters. The smallest absolute Gasteiger partial charge is 0.228 e.